The first-order valence-electron chi connectivity index (χ1n) is 2.51. The van der Waals surface area contributed by atoms with Crippen LogP contribution >= 0.6 is 0 Å². The lowest BCUT2D eigenvalue weighted by atomic mass is 10.2. The molecule has 50 valence electrons. The molecule has 0 aliphatic rings. The van der Waals surface area contributed by atoms with Gasteiger partial charge in [-0.2, -0.15) is 0 Å². The van der Waals surface area contributed by atoms with Crippen LogP contribution in [0.5, 0.6) is 0 Å². The number of ketones is 1. The Bertz CT molecular complexity index is 166. The molecule has 0 atom stereocenters. The molecule has 0 aliphatic heterocycles. The number of carbonyl (C=O) groups excluding carboxylic acids is 1. The largest absolute Gasteiger partial charge is 0.512 e. The average molecular weight is 127 g/mol. The van der Waals surface area contributed by atoms with Crippen molar-refractivity contribution in [2.45, 2.75) is 13.8 Å². The summed E-state index contributed by atoms with van der Waals surface area (Å²) < 4.78 is 0. The summed E-state index contributed by atoms with van der Waals surface area (Å²) in [7, 11) is 0. The summed E-state index contributed by atoms with van der Waals surface area (Å²) >= 11 is 0. The van der Waals surface area contributed by atoms with Crippen LogP contribution in [0.25, 0.3) is 0 Å². The Morgan fingerprint density at radius 2 is 2.00 bits per heavy atom. The van der Waals surface area contributed by atoms with Crippen molar-refractivity contribution < 1.29 is 9.90 Å². The second kappa shape index (κ2) is 3.02. The van der Waals surface area contributed by atoms with Crippen LogP contribution in [-0.4, -0.2) is 17.1 Å². The van der Waals surface area contributed by atoms with Crippen LogP contribution in [0.2, 0.25) is 0 Å². The number of hydrogen-bond donors (Lipinski definition) is 2. The van der Waals surface area contributed by atoms with Gasteiger partial charge in [0.2, 0.25) is 0 Å². The van der Waals surface area contributed by atoms with E-state index in [1.165, 1.54) is 13.8 Å². The van der Waals surface area contributed by atoms with E-state index in [9.17, 15) is 4.79 Å². The quantitative estimate of drug-likeness (QED) is 0.331. The number of Topliss-reactive ketones (excluding diaryl/α,β-unsaturated/α-hetero) is 1. The van der Waals surface area contributed by atoms with Crippen molar-refractivity contribution in [1.29, 1.82) is 5.41 Å². The van der Waals surface area contributed by atoms with E-state index in [-0.39, 0.29) is 17.1 Å². The highest BCUT2D eigenvalue weighted by atomic mass is 16.3. The van der Waals surface area contributed by atoms with E-state index < -0.39 is 0 Å². The molecule has 0 aromatic heterocycles. The van der Waals surface area contributed by atoms with E-state index in [1.807, 2.05) is 0 Å². The maximum atomic E-state index is 10.4. The third-order valence-corrected chi connectivity index (χ3v) is 0.913. The Kier molecular flexibility index (Phi) is 2.64. The molecule has 0 amide bonds. The molecule has 0 rings (SSSR count). The van der Waals surface area contributed by atoms with Gasteiger partial charge in [-0.15, -0.1) is 0 Å². The lowest BCUT2D eigenvalue weighted by molar-refractivity contribution is -0.113. The molecule has 0 saturated carbocycles. The van der Waals surface area contributed by atoms with Gasteiger partial charge in [-0.25, -0.2) is 0 Å². The van der Waals surface area contributed by atoms with Gasteiger partial charge in [0.05, 0.1) is 5.57 Å². The predicted molar refractivity (Wildman–Crippen MR) is 34.8 cm³/mol. The van der Waals surface area contributed by atoms with Crippen LogP contribution < -0.4 is 0 Å². The number of allylic oxidation sites excluding steroid dienone is 2. The van der Waals surface area contributed by atoms with Crippen LogP contribution in [0.4, 0.5) is 0 Å². The van der Waals surface area contributed by atoms with E-state index in [1.54, 1.807) is 0 Å². The summed E-state index contributed by atoms with van der Waals surface area (Å²) in [5.41, 5.74) is 0.0648. The first-order chi connectivity index (χ1) is 4.09. The molecule has 0 fully saturated rings. The van der Waals surface area contributed by atoms with E-state index in [2.05, 4.69) is 0 Å². The molecule has 0 aromatic carbocycles. The van der Waals surface area contributed by atoms with Crippen molar-refractivity contribution in [3.8, 4) is 0 Å². The summed E-state index contributed by atoms with van der Waals surface area (Å²) in [4.78, 5) is 10.4. The lowest BCUT2D eigenvalue weighted by Crippen LogP contribution is -2.00. The second-order valence-electron chi connectivity index (χ2n) is 1.70. The fourth-order valence-electron chi connectivity index (χ4n) is 0.461. The molecule has 3 heteroatoms. The highest BCUT2D eigenvalue weighted by molar-refractivity contribution is 6.11. The normalized spacial score (nSPS) is 12.2. The van der Waals surface area contributed by atoms with Crippen molar-refractivity contribution in [2.24, 2.45) is 0 Å². The lowest BCUT2D eigenvalue weighted by Gasteiger charge is -1.93. The van der Waals surface area contributed by atoms with E-state index >= 15 is 0 Å². The Balaban J connectivity index is 4.55. The summed E-state index contributed by atoms with van der Waals surface area (Å²) in [5, 5.41) is 15.3. The summed E-state index contributed by atoms with van der Waals surface area (Å²) in [6.45, 7) is 2.68. The van der Waals surface area contributed by atoms with E-state index in [0.29, 0.717) is 0 Å². The van der Waals surface area contributed by atoms with Crippen LogP contribution in [0.1, 0.15) is 13.8 Å². The molecule has 0 saturated heterocycles. The smallest absolute Gasteiger partial charge is 0.164 e. The SMILES string of the molecule is CC(=O)/C(C=N)=C(\C)O. The molecular weight excluding hydrogens is 118 g/mol. The van der Waals surface area contributed by atoms with Gasteiger partial charge in [0.25, 0.3) is 0 Å². The van der Waals surface area contributed by atoms with E-state index in [0.717, 1.165) is 6.21 Å². The number of aliphatic hydroxyl groups excluding tert-OH is 1. The van der Waals surface area contributed by atoms with Crippen molar-refractivity contribution >= 4 is 12.0 Å². The number of rotatable bonds is 2. The highest BCUT2D eigenvalue weighted by Crippen LogP contribution is 1.97. The van der Waals surface area contributed by atoms with Crippen LogP contribution in [0, 0.1) is 5.41 Å². The zero-order chi connectivity index (χ0) is 7.44. The van der Waals surface area contributed by atoms with Crippen LogP contribution in [0.3, 0.4) is 0 Å². The number of nitrogens with one attached hydrogen (secondary N) is 1. The minimum atomic E-state index is -0.287. The molecule has 0 unspecified atom stereocenters. The Morgan fingerprint density at radius 3 is 2.00 bits per heavy atom. The molecular formula is C6H9NO2. The van der Waals surface area contributed by atoms with Crippen LogP contribution in [0.15, 0.2) is 11.3 Å². The van der Waals surface area contributed by atoms with Gasteiger partial charge in [0, 0.05) is 6.21 Å². The standard InChI is InChI=1S/C6H9NO2/c1-4(8)6(3-7)5(2)9/h3,7-8H,1-2H3/b6-4+,7-3?. The summed E-state index contributed by atoms with van der Waals surface area (Å²) in [6.07, 6.45) is 0.845. The summed E-state index contributed by atoms with van der Waals surface area (Å²) in [6, 6.07) is 0. The molecule has 0 aliphatic carbocycles. The van der Waals surface area contributed by atoms with Gasteiger partial charge >= 0.3 is 0 Å². The fraction of sp³-hybridized carbons (Fsp3) is 0.333. The number of carbonyl (C=O) groups is 1. The minimum Gasteiger partial charge on any atom is -0.512 e. The van der Waals surface area contributed by atoms with Gasteiger partial charge < -0.3 is 10.5 Å². The topological polar surface area (TPSA) is 61.2 Å². The molecule has 0 spiro atoms. The third-order valence-electron chi connectivity index (χ3n) is 0.913. The van der Waals surface area contributed by atoms with Crippen LogP contribution in [-0.2, 0) is 4.79 Å². The van der Waals surface area contributed by atoms with Gasteiger partial charge in [-0.05, 0) is 13.8 Å². The first-order valence-corrected chi connectivity index (χ1v) is 2.51. The molecule has 0 aromatic rings. The van der Waals surface area contributed by atoms with Crippen molar-refractivity contribution in [3.63, 3.8) is 0 Å². The maximum absolute atomic E-state index is 10.4. The zero-order valence-corrected chi connectivity index (χ0v) is 5.43. The average Bonchev–Trinajstić information content (AvgIpc) is 1.64. The van der Waals surface area contributed by atoms with Crippen molar-refractivity contribution in [1.82, 2.24) is 0 Å². The monoisotopic (exact) mass is 127 g/mol. The Morgan fingerprint density at radius 1 is 1.56 bits per heavy atom. The fourth-order valence-corrected chi connectivity index (χ4v) is 0.461. The van der Waals surface area contributed by atoms with E-state index in [4.69, 9.17) is 10.5 Å². The van der Waals surface area contributed by atoms with Crippen molar-refractivity contribution in [2.75, 3.05) is 0 Å². The molecule has 0 radical (unpaired) electrons. The second-order valence-corrected chi connectivity index (χ2v) is 1.70. The Hall–Kier alpha value is -1.12. The predicted octanol–water partition coefficient (Wildman–Crippen LogP) is 1.06. The molecule has 2 N–H and O–H groups in total. The third kappa shape index (κ3) is 2.08. The van der Waals surface area contributed by atoms with Gasteiger partial charge in [-0.1, -0.05) is 0 Å². The molecule has 0 heterocycles. The number of aliphatic hydroxyl groups is 1. The molecule has 3 nitrogen and oxygen atoms in total. The van der Waals surface area contributed by atoms with Crippen molar-refractivity contribution in [3.05, 3.63) is 11.3 Å². The zero-order valence-electron chi connectivity index (χ0n) is 5.43. The molecule has 9 heavy (non-hydrogen) atoms. The first kappa shape index (κ1) is 7.88. The Labute approximate surface area is 53.5 Å². The van der Waals surface area contributed by atoms with Gasteiger partial charge in [-0.3, -0.25) is 4.79 Å². The van der Waals surface area contributed by atoms with Gasteiger partial charge in [0.15, 0.2) is 5.78 Å². The molecule has 0 bridgehead atoms. The number of hydrogen-bond acceptors (Lipinski definition) is 3. The summed E-state index contributed by atoms with van der Waals surface area (Å²) in [5.74, 6) is -0.387. The highest BCUT2D eigenvalue weighted by Gasteiger charge is 2.02. The maximum Gasteiger partial charge on any atom is 0.164 e. The minimum absolute atomic E-state index is 0.0648. The van der Waals surface area contributed by atoms with Gasteiger partial charge in [0.1, 0.15) is 5.76 Å².